The molecule has 0 spiro atoms. The van der Waals surface area contributed by atoms with Gasteiger partial charge in [0.15, 0.2) is 0 Å². The number of carbonyl (C=O) groups excluding carboxylic acids is 1. The Hall–Kier alpha value is -4.05. The number of benzene rings is 3. The summed E-state index contributed by atoms with van der Waals surface area (Å²) in [5.74, 6) is -0.0765. The highest BCUT2D eigenvalue weighted by Crippen LogP contribution is 2.40. The van der Waals surface area contributed by atoms with Crippen LogP contribution < -0.4 is 5.32 Å². The third-order valence-corrected chi connectivity index (χ3v) is 7.49. The number of hydrogen-bond donors (Lipinski definition) is 1. The maximum atomic E-state index is 14.0. The van der Waals surface area contributed by atoms with Gasteiger partial charge in [0.2, 0.25) is 0 Å². The van der Waals surface area contributed by atoms with Gasteiger partial charge in [0.25, 0.3) is 5.91 Å². The summed E-state index contributed by atoms with van der Waals surface area (Å²) < 4.78 is 4.57. The Morgan fingerprint density at radius 1 is 0.833 bits per heavy atom. The van der Waals surface area contributed by atoms with Gasteiger partial charge in [-0.25, -0.2) is 0 Å². The van der Waals surface area contributed by atoms with Crippen LogP contribution in [0.25, 0.3) is 28.0 Å². The summed E-state index contributed by atoms with van der Waals surface area (Å²) in [6.45, 7) is 7.27. The fourth-order valence-corrected chi connectivity index (χ4v) is 5.57. The van der Waals surface area contributed by atoms with Crippen LogP contribution in [0.15, 0.2) is 79.0 Å². The molecule has 0 unspecified atom stereocenters. The van der Waals surface area contributed by atoms with Crippen LogP contribution in [0.5, 0.6) is 0 Å². The van der Waals surface area contributed by atoms with Crippen LogP contribution in [-0.4, -0.2) is 14.9 Å². The Morgan fingerprint density at radius 3 is 2.44 bits per heavy atom. The molecule has 180 valence electrons. The minimum Gasteiger partial charge on any atom is -0.325 e. The second-order valence-corrected chi connectivity index (χ2v) is 10.0. The number of anilines is 1. The lowest BCUT2D eigenvalue weighted by atomic mass is 9.95. The summed E-state index contributed by atoms with van der Waals surface area (Å²) in [7, 11) is 0. The van der Waals surface area contributed by atoms with E-state index in [0.29, 0.717) is 5.69 Å². The molecule has 3 heterocycles. The summed E-state index contributed by atoms with van der Waals surface area (Å²) in [5.41, 5.74) is 12.1. The van der Waals surface area contributed by atoms with Crippen molar-refractivity contribution >= 4 is 17.2 Å². The van der Waals surface area contributed by atoms with Crippen LogP contribution in [-0.2, 0) is 13.0 Å². The van der Waals surface area contributed by atoms with E-state index >= 15 is 0 Å². The zero-order valence-corrected chi connectivity index (χ0v) is 21.1. The highest BCUT2D eigenvalue weighted by Gasteiger charge is 2.29. The van der Waals surface area contributed by atoms with Gasteiger partial charge in [-0.15, -0.1) is 0 Å². The van der Waals surface area contributed by atoms with Crippen LogP contribution >= 0.6 is 0 Å². The average molecular weight is 474 g/mol. The van der Waals surface area contributed by atoms with Crippen molar-refractivity contribution < 1.29 is 4.79 Å². The van der Waals surface area contributed by atoms with Gasteiger partial charge in [-0.3, -0.25) is 9.20 Å². The molecule has 1 aliphatic heterocycles. The maximum Gasteiger partial charge on any atom is 0.273 e. The van der Waals surface area contributed by atoms with E-state index in [1.807, 2.05) is 37.3 Å². The highest BCUT2D eigenvalue weighted by molar-refractivity contribution is 6.10. The lowest BCUT2D eigenvalue weighted by molar-refractivity contribution is 0.102. The number of aryl methyl sites for hydroxylation is 5. The predicted octanol–water partition coefficient (Wildman–Crippen LogP) is 7.59. The molecule has 0 atom stereocenters. The Bertz CT molecular complexity index is 1600. The fourth-order valence-electron chi connectivity index (χ4n) is 5.57. The summed E-state index contributed by atoms with van der Waals surface area (Å²) >= 11 is 0. The number of nitrogens with zero attached hydrogens (tertiary/aromatic N) is 2. The van der Waals surface area contributed by atoms with Crippen LogP contribution in [0.3, 0.4) is 0 Å². The number of hydrogen-bond acceptors (Lipinski definition) is 1. The molecule has 0 saturated carbocycles. The molecular formula is C32H31N3O. The standard InChI is InChI=1S/C32H31N3O/c1-21-10-9-13-26(18-21)33-31(36)30-29(25-16-15-22(2)23(3)19-25)27-14-7-8-17-34-28(20-35(30)32(27)34)24-11-5-4-6-12-24/h4-6,9-13,15-16,18-20H,7-8,14,17H2,1-3H3,(H,33,36). The first-order chi connectivity index (χ1) is 17.5. The summed E-state index contributed by atoms with van der Waals surface area (Å²) in [6.07, 6.45) is 5.35. The van der Waals surface area contributed by atoms with Crippen molar-refractivity contribution in [2.45, 2.75) is 46.6 Å². The van der Waals surface area contributed by atoms with Gasteiger partial charge in [0.1, 0.15) is 11.3 Å². The zero-order valence-electron chi connectivity index (χ0n) is 21.1. The van der Waals surface area contributed by atoms with Crippen molar-refractivity contribution in [3.63, 3.8) is 0 Å². The van der Waals surface area contributed by atoms with E-state index < -0.39 is 0 Å². The van der Waals surface area contributed by atoms with Gasteiger partial charge in [-0.1, -0.05) is 60.7 Å². The van der Waals surface area contributed by atoms with E-state index in [-0.39, 0.29) is 5.91 Å². The molecule has 1 N–H and O–H groups in total. The first-order valence-electron chi connectivity index (χ1n) is 12.8. The smallest absolute Gasteiger partial charge is 0.273 e. The molecule has 0 bridgehead atoms. The third-order valence-electron chi connectivity index (χ3n) is 7.49. The van der Waals surface area contributed by atoms with Gasteiger partial charge >= 0.3 is 0 Å². The van der Waals surface area contributed by atoms with Crippen molar-refractivity contribution in [2.75, 3.05) is 5.32 Å². The minimum atomic E-state index is -0.0765. The van der Waals surface area contributed by atoms with Gasteiger partial charge in [0.05, 0.1) is 5.69 Å². The number of imidazole rings is 1. The van der Waals surface area contributed by atoms with Gasteiger partial charge in [0, 0.05) is 29.6 Å². The molecule has 4 heteroatoms. The normalized spacial score (nSPS) is 13.1. The molecule has 0 aliphatic carbocycles. The van der Waals surface area contributed by atoms with Crippen LogP contribution in [0.2, 0.25) is 0 Å². The summed E-state index contributed by atoms with van der Waals surface area (Å²) in [5, 5.41) is 3.20. The van der Waals surface area contributed by atoms with E-state index in [4.69, 9.17) is 0 Å². The van der Waals surface area contributed by atoms with Crippen molar-refractivity contribution in [2.24, 2.45) is 0 Å². The monoisotopic (exact) mass is 473 g/mol. The van der Waals surface area contributed by atoms with Crippen molar-refractivity contribution in [1.82, 2.24) is 8.97 Å². The van der Waals surface area contributed by atoms with Crippen molar-refractivity contribution in [1.29, 1.82) is 0 Å². The maximum absolute atomic E-state index is 14.0. The molecule has 5 aromatic rings. The van der Waals surface area contributed by atoms with Gasteiger partial charge in [-0.2, -0.15) is 0 Å². The molecular weight excluding hydrogens is 442 g/mol. The van der Waals surface area contributed by atoms with Crippen LogP contribution in [0.4, 0.5) is 5.69 Å². The lowest BCUT2D eigenvalue weighted by Gasteiger charge is -2.12. The van der Waals surface area contributed by atoms with E-state index in [0.717, 1.165) is 59.5 Å². The first kappa shape index (κ1) is 22.4. The third kappa shape index (κ3) is 3.74. The average Bonchev–Trinajstić information content (AvgIpc) is 3.29. The summed E-state index contributed by atoms with van der Waals surface area (Å²) in [6, 6.07) is 25.1. The second kappa shape index (κ2) is 8.87. The Labute approximate surface area is 212 Å². The minimum absolute atomic E-state index is 0.0765. The van der Waals surface area contributed by atoms with Crippen LogP contribution in [0.1, 0.15) is 45.6 Å². The zero-order chi connectivity index (χ0) is 24.8. The van der Waals surface area contributed by atoms with E-state index in [2.05, 4.69) is 76.8 Å². The molecule has 1 aliphatic rings. The SMILES string of the molecule is Cc1cccc(NC(=O)c2c(-c3ccc(C)c(C)c3)c3c4n(c(-c5ccccc5)cn24)CCCC3)c1. The van der Waals surface area contributed by atoms with Gasteiger partial charge in [-0.05, 0) is 80.0 Å². The number of aromatic nitrogens is 2. The molecule has 0 saturated heterocycles. The van der Waals surface area contributed by atoms with Crippen LogP contribution in [0, 0.1) is 20.8 Å². The second-order valence-electron chi connectivity index (χ2n) is 10.0. The Balaban J connectivity index is 1.63. The molecule has 36 heavy (non-hydrogen) atoms. The van der Waals surface area contributed by atoms with E-state index in [1.165, 1.54) is 22.3 Å². The lowest BCUT2D eigenvalue weighted by Crippen LogP contribution is -2.15. The number of nitrogens with one attached hydrogen (secondary N) is 1. The summed E-state index contributed by atoms with van der Waals surface area (Å²) in [4.78, 5) is 14.0. The molecule has 0 fully saturated rings. The molecule has 1 amide bonds. The topological polar surface area (TPSA) is 38.4 Å². The Kier molecular flexibility index (Phi) is 5.52. The molecule has 2 aromatic heterocycles. The van der Waals surface area contributed by atoms with Crippen molar-refractivity contribution in [3.05, 3.63) is 107 Å². The fraction of sp³-hybridized carbons (Fsp3) is 0.219. The van der Waals surface area contributed by atoms with E-state index in [9.17, 15) is 4.79 Å². The highest BCUT2D eigenvalue weighted by atomic mass is 16.1. The molecule has 0 radical (unpaired) electrons. The van der Waals surface area contributed by atoms with E-state index in [1.54, 1.807) is 0 Å². The van der Waals surface area contributed by atoms with Gasteiger partial charge < -0.3 is 9.88 Å². The number of rotatable bonds is 4. The first-order valence-corrected chi connectivity index (χ1v) is 12.8. The number of amides is 1. The van der Waals surface area contributed by atoms with Crippen molar-refractivity contribution in [3.8, 4) is 22.4 Å². The molecule has 6 rings (SSSR count). The Morgan fingerprint density at radius 2 is 1.67 bits per heavy atom. The molecule has 3 aromatic carbocycles. The number of carbonyl (C=O) groups is 1. The largest absolute Gasteiger partial charge is 0.325 e. The quantitative estimate of drug-likeness (QED) is 0.287. The molecule has 4 nitrogen and oxygen atoms in total. The predicted molar refractivity (Wildman–Crippen MR) is 148 cm³/mol.